The molecule has 1 heterocycles. The largest absolute Gasteiger partial charge is 0.336 e. The predicted molar refractivity (Wildman–Crippen MR) is 111 cm³/mol. The van der Waals surface area contributed by atoms with E-state index in [9.17, 15) is 9.59 Å². The maximum Gasteiger partial charge on any atom is 0.255 e. The Labute approximate surface area is 167 Å². The van der Waals surface area contributed by atoms with Crippen molar-refractivity contribution in [1.29, 1.82) is 0 Å². The molecule has 5 nitrogen and oxygen atoms in total. The summed E-state index contributed by atoms with van der Waals surface area (Å²) in [6.45, 7) is 10.7. The first-order valence-electron chi connectivity index (χ1n) is 9.82. The number of hydrogen-bond acceptors (Lipinski definition) is 3. The Kier molecular flexibility index (Phi) is 7.68. The molecular weight excluding hydrogens is 362 g/mol. The van der Waals surface area contributed by atoms with Gasteiger partial charge in [0.1, 0.15) is 0 Å². The summed E-state index contributed by atoms with van der Waals surface area (Å²) in [4.78, 5) is 27.4. The SMILES string of the molecule is CCCN(C(=O)c1cc(NC(=O)CC(C)(C)C)ccc1Cl)C1CCNCC1. The summed E-state index contributed by atoms with van der Waals surface area (Å²) in [5.41, 5.74) is 0.971. The van der Waals surface area contributed by atoms with Crippen LogP contribution in [0.4, 0.5) is 5.69 Å². The second-order valence-corrected chi connectivity index (χ2v) is 8.87. The molecule has 1 aliphatic heterocycles. The van der Waals surface area contributed by atoms with E-state index >= 15 is 0 Å². The highest BCUT2D eigenvalue weighted by atomic mass is 35.5. The molecule has 0 spiro atoms. The van der Waals surface area contributed by atoms with Crippen LogP contribution < -0.4 is 10.6 Å². The summed E-state index contributed by atoms with van der Waals surface area (Å²) >= 11 is 6.34. The summed E-state index contributed by atoms with van der Waals surface area (Å²) in [6.07, 6.45) is 3.21. The van der Waals surface area contributed by atoms with Gasteiger partial charge in [-0.2, -0.15) is 0 Å². The van der Waals surface area contributed by atoms with Crippen LogP contribution >= 0.6 is 11.6 Å². The number of carbonyl (C=O) groups is 2. The van der Waals surface area contributed by atoms with Gasteiger partial charge < -0.3 is 15.5 Å². The van der Waals surface area contributed by atoms with Gasteiger partial charge in [-0.15, -0.1) is 0 Å². The quantitative estimate of drug-likeness (QED) is 0.756. The van der Waals surface area contributed by atoms with E-state index in [0.717, 1.165) is 32.4 Å². The molecule has 1 fully saturated rings. The number of anilines is 1. The second-order valence-electron chi connectivity index (χ2n) is 8.46. The number of amides is 2. The molecule has 2 rings (SSSR count). The van der Waals surface area contributed by atoms with Crippen molar-refractivity contribution >= 4 is 29.1 Å². The monoisotopic (exact) mass is 393 g/mol. The van der Waals surface area contributed by atoms with Crippen LogP contribution in [0.5, 0.6) is 0 Å². The number of halogens is 1. The van der Waals surface area contributed by atoms with Gasteiger partial charge in [0.25, 0.3) is 5.91 Å². The molecule has 0 bridgehead atoms. The van der Waals surface area contributed by atoms with Crippen molar-refractivity contribution in [2.45, 2.75) is 59.4 Å². The number of carbonyl (C=O) groups excluding carboxylic acids is 2. The molecule has 0 atom stereocenters. The van der Waals surface area contributed by atoms with E-state index in [1.165, 1.54) is 0 Å². The van der Waals surface area contributed by atoms with E-state index in [-0.39, 0.29) is 23.3 Å². The van der Waals surface area contributed by atoms with Crippen LogP contribution in [0.3, 0.4) is 0 Å². The molecule has 2 N–H and O–H groups in total. The standard InChI is InChI=1S/C21H32ClN3O2/c1-5-12-25(16-8-10-23-11-9-16)20(27)17-13-15(6-7-18(17)22)24-19(26)14-21(2,3)4/h6-7,13,16,23H,5,8-12,14H2,1-4H3,(H,24,26). The molecule has 27 heavy (non-hydrogen) atoms. The van der Waals surface area contributed by atoms with Crippen LogP contribution in [-0.4, -0.2) is 42.4 Å². The first kappa shape index (κ1) is 21.7. The Morgan fingerprint density at radius 1 is 1.26 bits per heavy atom. The minimum Gasteiger partial charge on any atom is -0.336 e. The Morgan fingerprint density at radius 3 is 2.52 bits per heavy atom. The smallest absolute Gasteiger partial charge is 0.255 e. The number of rotatable bonds is 6. The highest BCUT2D eigenvalue weighted by Gasteiger charge is 2.27. The van der Waals surface area contributed by atoms with Crippen molar-refractivity contribution in [3.05, 3.63) is 28.8 Å². The number of nitrogens with one attached hydrogen (secondary N) is 2. The van der Waals surface area contributed by atoms with E-state index in [0.29, 0.717) is 29.2 Å². The zero-order valence-electron chi connectivity index (χ0n) is 16.9. The molecule has 1 saturated heterocycles. The lowest BCUT2D eigenvalue weighted by Gasteiger charge is -2.35. The molecule has 1 aliphatic rings. The fourth-order valence-corrected chi connectivity index (χ4v) is 3.62. The van der Waals surface area contributed by atoms with Gasteiger partial charge in [0, 0.05) is 24.7 Å². The molecule has 150 valence electrons. The van der Waals surface area contributed by atoms with Crippen LogP contribution in [0.15, 0.2) is 18.2 Å². The molecule has 0 aromatic heterocycles. The minimum atomic E-state index is -0.0951. The summed E-state index contributed by atoms with van der Waals surface area (Å²) in [6, 6.07) is 5.37. The zero-order chi connectivity index (χ0) is 20.0. The zero-order valence-corrected chi connectivity index (χ0v) is 17.7. The normalized spacial score (nSPS) is 15.4. The molecule has 1 aromatic carbocycles. The topological polar surface area (TPSA) is 61.4 Å². The third kappa shape index (κ3) is 6.51. The molecule has 0 unspecified atom stereocenters. The van der Waals surface area contributed by atoms with E-state index < -0.39 is 0 Å². The van der Waals surface area contributed by atoms with Crippen molar-refractivity contribution in [2.24, 2.45) is 5.41 Å². The van der Waals surface area contributed by atoms with Crippen molar-refractivity contribution in [2.75, 3.05) is 25.0 Å². The maximum atomic E-state index is 13.2. The number of nitrogens with zero attached hydrogens (tertiary/aromatic N) is 1. The molecule has 0 radical (unpaired) electrons. The van der Waals surface area contributed by atoms with Crippen molar-refractivity contribution in [1.82, 2.24) is 10.2 Å². The van der Waals surface area contributed by atoms with E-state index in [4.69, 9.17) is 11.6 Å². The fourth-order valence-electron chi connectivity index (χ4n) is 3.42. The van der Waals surface area contributed by atoms with Crippen LogP contribution in [0.2, 0.25) is 5.02 Å². The summed E-state index contributed by atoms with van der Waals surface area (Å²) < 4.78 is 0. The third-order valence-electron chi connectivity index (χ3n) is 4.65. The second kappa shape index (κ2) is 9.56. The lowest BCUT2D eigenvalue weighted by molar-refractivity contribution is -0.117. The van der Waals surface area contributed by atoms with E-state index in [1.807, 2.05) is 25.7 Å². The van der Waals surface area contributed by atoms with Crippen LogP contribution in [0, 0.1) is 5.41 Å². The molecule has 1 aromatic rings. The molecular formula is C21H32ClN3O2. The Hall–Kier alpha value is -1.59. The van der Waals surface area contributed by atoms with E-state index in [1.54, 1.807) is 18.2 Å². The van der Waals surface area contributed by atoms with Gasteiger partial charge in [0.05, 0.1) is 10.6 Å². The summed E-state index contributed by atoms with van der Waals surface area (Å²) in [5, 5.41) is 6.65. The number of hydrogen-bond donors (Lipinski definition) is 2. The Bertz CT molecular complexity index is 664. The van der Waals surface area contributed by atoms with E-state index in [2.05, 4.69) is 17.6 Å². The highest BCUT2D eigenvalue weighted by molar-refractivity contribution is 6.34. The lowest BCUT2D eigenvalue weighted by Crippen LogP contribution is -2.46. The van der Waals surface area contributed by atoms with Crippen LogP contribution in [0.25, 0.3) is 0 Å². The molecule has 0 aliphatic carbocycles. The van der Waals surface area contributed by atoms with Crippen LogP contribution in [0.1, 0.15) is 63.7 Å². The molecule has 2 amide bonds. The highest BCUT2D eigenvalue weighted by Crippen LogP contribution is 2.26. The van der Waals surface area contributed by atoms with Gasteiger partial charge in [0.15, 0.2) is 0 Å². The lowest BCUT2D eigenvalue weighted by atomic mass is 9.92. The van der Waals surface area contributed by atoms with Crippen LogP contribution in [-0.2, 0) is 4.79 Å². The average molecular weight is 394 g/mol. The Morgan fingerprint density at radius 2 is 1.93 bits per heavy atom. The average Bonchev–Trinajstić information content (AvgIpc) is 2.60. The van der Waals surface area contributed by atoms with Gasteiger partial charge >= 0.3 is 0 Å². The minimum absolute atomic E-state index is 0.0549. The van der Waals surface area contributed by atoms with Crippen molar-refractivity contribution < 1.29 is 9.59 Å². The first-order chi connectivity index (χ1) is 12.7. The predicted octanol–water partition coefficient (Wildman–Crippen LogP) is 4.32. The van der Waals surface area contributed by atoms with Gasteiger partial charge in [-0.3, -0.25) is 9.59 Å². The molecule has 6 heteroatoms. The van der Waals surface area contributed by atoms with Gasteiger partial charge in [-0.25, -0.2) is 0 Å². The Balaban J connectivity index is 2.19. The van der Waals surface area contributed by atoms with Crippen molar-refractivity contribution in [3.63, 3.8) is 0 Å². The third-order valence-corrected chi connectivity index (χ3v) is 4.98. The summed E-state index contributed by atoms with van der Waals surface area (Å²) in [5.74, 6) is -0.118. The van der Waals surface area contributed by atoms with Gasteiger partial charge in [-0.05, 0) is 56.0 Å². The summed E-state index contributed by atoms with van der Waals surface area (Å²) in [7, 11) is 0. The number of piperidine rings is 1. The van der Waals surface area contributed by atoms with Crippen molar-refractivity contribution in [3.8, 4) is 0 Å². The maximum absolute atomic E-state index is 13.2. The molecule has 0 saturated carbocycles. The first-order valence-corrected chi connectivity index (χ1v) is 10.2. The fraction of sp³-hybridized carbons (Fsp3) is 0.619. The van der Waals surface area contributed by atoms with Gasteiger partial charge in [0.2, 0.25) is 5.91 Å². The number of benzene rings is 1. The van der Waals surface area contributed by atoms with Gasteiger partial charge in [-0.1, -0.05) is 39.3 Å².